The molecule has 184 valence electrons. The average Bonchev–Trinajstić information content (AvgIpc) is 3.33. The third kappa shape index (κ3) is 5.79. The van der Waals surface area contributed by atoms with Gasteiger partial charge in [0.2, 0.25) is 17.0 Å². The predicted octanol–water partition coefficient (Wildman–Crippen LogP) is 3.40. The summed E-state index contributed by atoms with van der Waals surface area (Å²) in [5, 5.41) is 15.2. The van der Waals surface area contributed by atoms with Crippen molar-refractivity contribution in [2.75, 3.05) is 31.3 Å². The highest BCUT2D eigenvalue weighted by Crippen LogP contribution is 2.28. The number of benzene rings is 2. The van der Waals surface area contributed by atoms with Crippen molar-refractivity contribution in [3.8, 4) is 11.4 Å². The SMILES string of the molecule is COc1ccc(C)cc1-n1nnnc1SCC(=O)N1CCC(C(=O)Nc2cc(F)ccc2C)CC1. The maximum Gasteiger partial charge on any atom is 0.233 e. The summed E-state index contributed by atoms with van der Waals surface area (Å²) >= 11 is 1.25. The van der Waals surface area contributed by atoms with Crippen LogP contribution in [-0.2, 0) is 9.59 Å². The van der Waals surface area contributed by atoms with Crippen molar-refractivity contribution < 1.29 is 18.7 Å². The Labute approximate surface area is 207 Å². The standard InChI is InChI=1S/C24H27FN6O3S/c1-15-4-7-21(34-3)20(12-15)31-24(27-28-29-31)35-14-22(32)30-10-8-17(9-11-30)23(33)26-19-13-18(25)6-5-16(19)2/h4-7,12-13,17H,8-11,14H2,1-3H3,(H,26,33). The molecule has 1 fully saturated rings. The summed E-state index contributed by atoms with van der Waals surface area (Å²) < 4.78 is 20.5. The lowest BCUT2D eigenvalue weighted by Crippen LogP contribution is -2.42. The number of halogens is 1. The Hall–Kier alpha value is -3.47. The predicted molar refractivity (Wildman–Crippen MR) is 130 cm³/mol. The molecule has 9 nitrogen and oxygen atoms in total. The van der Waals surface area contributed by atoms with Gasteiger partial charge in [-0.05, 0) is 72.5 Å². The third-order valence-corrected chi connectivity index (χ3v) is 6.91. The van der Waals surface area contributed by atoms with E-state index in [9.17, 15) is 14.0 Å². The van der Waals surface area contributed by atoms with Gasteiger partial charge in [0.15, 0.2) is 0 Å². The number of tetrazole rings is 1. The second kappa shape index (κ2) is 10.9. The molecule has 0 bridgehead atoms. The number of hydrogen-bond acceptors (Lipinski definition) is 7. The van der Waals surface area contributed by atoms with Crippen molar-refractivity contribution in [1.82, 2.24) is 25.1 Å². The molecule has 0 atom stereocenters. The van der Waals surface area contributed by atoms with Gasteiger partial charge in [-0.3, -0.25) is 9.59 Å². The molecule has 2 amide bonds. The van der Waals surface area contributed by atoms with Gasteiger partial charge in [0, 0.05) is 24.7 Å². The first-order chi connectivity index (χ1) is 16.9. The van der Waals surface area contributed by atoms with Crippen molar-refractivity contribution in [2.24, 2.45) is 5.92 Å². The molecule has 3 aromatic rings. The minimum absolute atomic E-state index is 0.0411. The summed E-state index contributed by atoms with van der Waals surface area (Å²) in [4.78, 5) is 27.2. The minimum Gasteiger partial charge on any atom is -0.494 e. The number of hydrogen-bond donors (Lipinski definition) is 1. The molecule has 2 aromatic carbocycles. The normalized spacial score (nSPS) is 14.1. The fourth-order valence-electron chi connectivity index (χ4n) is 3.96. The number of thioether (sulfide) groups is 1. The highest BCUT2D eigenvalue weighted by atomic mass is 32.2. The van der Waals surface area contributed by atoms with Crippen LogP contribution in [0.3, 0.4) is 0 Å². The Bertz CT molecular complexity index is 1230. The van der Waals surface area contributed by atoms with E-state index in [4.69, 9.17) is 4.74 Å². The second-order valence-electron chi connectivity index (χ2n) is 8.44. The van der Waals surface area contributed by atoms with Gasteiger partial charge in [0.05, 0.1) is 12.9 Å². The smallest absolute Gasteiger partial charge is 0.233 e. The average molecular weight is 499 g/mol. The van der Waals surface area contributed by atoms with Crippen LogP contribution in [0.25, 0.3) is 5.69 Å². The molecule has 0 aliphatic carbocycles. The number of ether oxygens (including phenoxy) is 1. The number of carbonyl (C=O) groups excluding carboxylic acids is 2. The van der Waals surface area contributed by atoms with Crippen LogP contribution in [0.1, 0.15) is 24.0 Å². The number of amides is 2. The van der Waals surface area contributed by atoms with Gasteiger partial charge in [-0.25, -0.2) is 4.39 Å². The quantitative estimate of drug-likeness (QED) is 0.498. The molecule has 2 heterocycles. The summed E-state index contributed by atoms with van der Waals surface area (Å²) in [6.07, 6.45) is 1.10. The van der Waals surface area contributed by atoms with Gasteiger partial charge in [-0.15, -0.1) is 5.10 Å². The molecular weight excluding hydrogens is 471 g/mol. The van der Waals surface area contributed by atoms with Crippen LogP contribution < -0.4 is 10.1 Å². The van der Waals surface area contributed by atoms with Crippen molar-refractivity contribution in [1.29, 1.82) is 0 Å². The number of nitrogens with zero attached hydrogens (tertiary/aromatic N) is 5. The lowest BCUT2D eigenvalue weighted by atomic mass is 9.95. The maximum absolute atomic E-state index is 13.5. The number of anilines is 1. The van der Waals surface area contributed by atoms with E-state index in [-0.39, 0.29) is 23.5 Å². The van der Waals surface area contributed by atoms with Crippen LogP contribution in [0, 0.1) is 25.6 Å². The van der Waals surface area contributed by atoms with Crippen molar-refractivity contribution in [3.05, 3.63) is 53.3 Å². The summed E-state index contributed by atoms with van der Waals surface area (Å²) in [5.74, 6) is -0.00327. The van der Waals surface area contributed by atoms with E-state index in [1.807, 2.05) is 32.0 Å². The number of nitrogens with one attached hydrogen (secondary N) is 1. The van der Waals surface area contributed by atoms with E-state index in [1.54, 1.807) is 22.8 Å². The number of carbonyl (C=O) groups is 2. The molecule has 1 saturated heterocycles. The summed E-state index contributed by atoms with van der Waals surface area (Å²) in [6.45, 7) is 4.75. The van der Waals surface area contributed by atoms with E-state index < -0.39 is 5.82 Å². The summed E-state index contributed by atoms with van der Waals surface area (Å²) in [5.41, 5.74) is 3.01. The van der Waals surface area contributed by atoms with Gasteiger partial charge in [-0.2, -0.15) is 4.68 Å². The Morgan fingerprint density at radius 2 is 1.94 bits per heavy atom. The van der Waals surface area contributed by atoms with Crippen LogP contribution in [0.15, 0.2) is 41.6 Å². The number of piperidine rings is 1. The molecule has 4 rings (SSSR count). The molecular formula is C24H27FN6O3S. The van der Waals surface area contributed by atoms with E-state index in [2.05, 4.69) is 20.8 Å². The number of aryl methyl sites for hydroxylation is 2. The van der Waals surface area contributed by atoms with Crippen molar-refractivity contribution in [3.63, 3.8) is 0 Å². The van der Waals surface area contributed by atoms with Crippen LogP contribution in [0.5, 0.6) is 5.75 Å². The topological polar surface area (TPSA) is 102 Å². The van der Waals surface area contributed by atoms with E-state index in [1.165, 1.54) is 23.9 Å². The van der Waals surface area contributed by atoms with Gasteiger partial charge in [0.25, 0.3) is 0 Å². The zero-order chi connectivity index (χ0) is 24.9. The Kier molecular flexibility index (Phi) is 7.64. The van der Waals surface area contributed by atoms with Crippen molar-refractivity contribution >= 4 is 29.3 Å². The summed E-state index contributed by atoms with van der Waals surface area (Å²) in [6, 6.07) is 10.0. The van der Waals surface area contributed by atoms with Gasteiger partial charge >= 0.3 is 0 Å². The molecule has 1 aromatic heterocycles. The molecule has 0 saturated carbocycles. The van der Waals surface area contributed by atoms with Crippen molar-refractivity contribution in [2.45, 2.75) is 31.8 Å². The third-order valence-electron chi connectivity index (χ3n) is 6.00. The molecule has 0 spiro atoms. The molecule has 0 unspecified atom stereocenters. The highest BCUT2D eigenvalue weighted by molar-refractivity contribution is 7.99. The molecule has 1 aliphatic rings. The van der Waals surface area contributed by atoms with E-state index in [0.29, 0.717) is 48.2 Å². The molecule has 1 N–H and O–H groups in total. The number of methoxy groups -OCH3 is 1. The van der Waals surface area contributed by atoms with Crippen LogP contribution in [0.4, 0.5) is 10.1 Å². The fourth-order valence-corrected chi connectivity index (χ4v) is 4.74. The lowest BCUT2D eigenvalue weighted by Gasteiger charge is -2.31. The highest BCUT2D eigenvalue weighted by Gasteiger charge is 2.28. The zero-order valence-electron chi connectivity index (χ0n) is 19.8. The maximum atomic E-state index is 13.5. The lowest BCUT2D eigenvalue weighted by molar-refractivity contribution is -0.132. The number of rotatable bonds is 7. The Morgan fingerprint density at radius 1 is 1.17 bits per heavy atom. The Morgan fingerprint density at radius 3 is 2.69 bits per heavy atom. The molecule has 0 radical (unpaired) electrons. The first kappa shape index (κ1) is 24.6. The summed E-state index contributed by atoms with van der Waals surface area (Å²) in [7, 11) is 1.58. The molecule has 11 heteroatoms. The minimum atomic E-state index is -0.393. The van der Waals surface area contributed by atoms with Crippen LogP contribution in [-0.4, -0.2) is 62.9 Å². The van der Waals surface area contributed by atoms with Gasteiger partial charge in [0.1, 0.15) is 17.3 Å². The fraction of sp³-hybridized carbons (Fsp3) is 0.375. The largest absolute Gasteiger partial charge is 0.494 e. The number of aromatic nitrogens is 4. The monoisotopic (exact) mass is 498 g/mol. The second-order valence-corrected chi connectivity index (χ2v) is 9.38. The zero-order valence-corrected chi connectivity index (χ0v) is 20.6. The Balaban J connectivity index is 1.31. The van der Waals surface area contributed by atoms with E-state index in [0.717, 1.165) is 11.1 Å². The molecule has 1 aliphatic heterocycles. The first-order valence-electron chi connectivity index (χ1n) is 11.3. The van der Waals surface area contributed by atoms with Gasteiger partial charge < -0.3 is 15.0 Å². The first-order valence-corrected chi connectivity index (χ1v) is 12.2. The van der Waals surface area contributed by atoms with Crippen LogP contribution >= 0.6 is 11.8 Å². The van der Waals surface area contributed by atoms with Crippen LogP contribution in [0.2, 0.25) is 0 Å². The van der Waals surface area contributed by atoms with Gasteiger partial charge in [-0.1, -0.05) is 23.9 Å². The number of likely N-dealkylation sites (tertiary alicyclic amines) is 1. The molecule has 35 heavy (non-hydrogen) atoms. The van der Waals surface area contributed by atoms with E-state index >= 15 is 0 Å².